The lowest BCUT2D eigenvalue weighted by Crippen LogP contribution is -2.23. The summed E-state index contributed by atoms with van der Waals surface area (Å²) in [5, 5.41) is 3.29. The zero-order chi connectivity index (χ0) is 25.9. The predicted octanol–water partition coefficient (Wildman–Crippen LogP) is 8.13. The second-order valence-corrected chi connectivity index (χ2v) is 10.7. The molecule has 4 aromatic carbocycles. The van der Waals surface area contributed by atoms with Crippen LogP contribution in [0.1, 0.15) is 0 Å². The van der Waals surface area contributed by atoms with E-state index in [0.29, 0.717) is 5.88 Å². The van der Waals surface area contributed by atoms with E-state index in [2.05, 4.69) is 105 Å². The summed E-state index contributed by atoms with van der Waals surface area (Å²) >= 11 is 1.69. The molecule has 0 unspecified atom stereocenters. The van der Waals surface area contributed by atoms with Crippen molar-refractivity contribution in [3.63, 3.8) is 0 Å². The fraction of sp³-hybridized carbons (Fsp3) is 0.0625. The van der Waals surface area contributed by atoms with Crippen molar-refractivity contribution in [2.75, 3.05) is 23.5 Å². The van der Waals surface area contributed by atoms with Crippen molar-refractivity contribution in [3.8, 4) is 16.8 Å². The smallest absolute Gasteiger partial charge is 0.221 e. The summed E-state index contributed by atoms with van der Waals surface area (Å²) in [5.41, 5.74) is 6.62. The zero-order valence-electron chi connectivity index (χ0n) is 21.2. The number of rotatable bonds is 4. The molecule has 188 valence electrons. The van der Waals surface area contributed by atoms with Crippen LogP contribution in [0.4, 0.5) is 17.1 Å². The van der Waals surface area contributed by atoms with E-state index in [-0.39, 0.29) is 0 Å². The molecule has 0 atom stereocenters. The number of hydrogen-bond donors (Lipinski definition) is 0. The molecule has 0 saturated carbocycles. The first kappa shape index (κ1) is 22.1. The maximum atomic E-state index is 6.37. The number of thiazole rings is 1. The molecule has 0 spiro atoms. The Kier molecular flexibility index (Phi) is 4.87. The first-order valence-electron chi connectivity index (χ1n) is 12.8. The Labute approximate surface area is 229 Å². The average molecular weight is 526 g/mol. The fourth-order valence-corrected chi connectivity index (χ4v) is 6.51. The molecule has 0 aliphatic carbocycles. The Bertz CT molecular complexity index is 1990. The molecule has 7 aromatic rings. The molecule has 0 amide bonds. The van der Waals surface area contributed by atoms with Gasteiger partial charge in [0.1, 0.15) is 5.75 Å². The van der Waals surface area contributed by atoms with Crippen LogP contribution in [0.15, 0.2) is 109 Å². The number of pyridine rings is 1. The molecule has 0 fully saturated rings. The topological polar surface area (TPSA) is 46.4 Å². The molecule has 39 heavy (non-hydrogen) atoms. The molecule has 0 saturated heterocycles. The highest BCUT2D eigenvalue weighted by molar-refractivity contribution is 7.20. The van der Waals surface area contributed by atoms with Crippen molar-refractivity contribution in [1.29, 1.82) is 0 Å². The van der Waals surface area contributed by atoms with Crippen molar-refractivity contribution in [2.45, 2.75) is 0 Å². The third-order valence-corrected chi connectivity index (χ3v) is 8.33. The fourth-order valence-electron chi connectivity index (χ4n) is 5.52. The number of para-hydroxylation sites is 4. The van der Waals surface area contributed by atoms with E-state index in [1.165, 1.54) is 21.5 Å². The van der Waals surface area contributed by atoms with Crippen LogP contribution in [-0.4, -0.2) is 28.3 Å². The molecule has 0 radical (unpaired) electrons. The molecule has 0 N–H and O–H groups in total. The van der Waals surface area contributed by atoms with Crippen molar-refractivity contribution in [1.82, 2.24) is 14.5 Å². The summed E-state index contributed by atoms with van der Waals surface area (Å²) in [6, 6.07) is 35.5. The number of aromatic nitrogens is 3. The lowest BCUT2D eigenvalue weighted by molar-refractivity contribution is 0.463. The van der Waals surface area contributed by atoms with Gasteiger partial charge in [-0.3, -0.25) is 4.57 Å². The lowest BCUT2D eigenvalue weighted by Gasteiger charge is -2.19. The second-order valence-electron chi connectivity index (χ2n) is 9.71. The van der Waals surface area contributed by atoms with Crippen molar-refractivity contribution in [2.24, 2.45) is 0 Å². The first-order chi connectivity index (χ1) is 19.2. The summed E-state index contributed by atoms with van der Waals surface area (Å²) < 4.78 is 9.77. The summed E-state index contributed by atoms with van der Waals surface area (Å²) in [6.07, 6.45) is 1.81. The molecule has 7 heteroatoms. The summed E-state index contributed by atoms with van der Waals surface area (Å²) in [6.45, 7) is 0.775. The Morgan fingerprint density at radius 2 is 1.56 bits per heavy atom. The Morgan fingerprint density at radius 3 is 2.49 bits per heavy atom. The molecule has 1 aliphatic rings. The van der Waals surface area contributed by atoms with E-state index in [1.807, 2.05) is 30.5 Å². The minimum Gasteiger partial charge on any atom is -0.439 e. The highest BCUT2D eigenvalue weighted by Gasteiger charge is 2.24. The van der Waals surface area contributed by atoms with Crippen LogP contribution in [0.5, 0.6) is 11.6 Å². The SMILES string of the molecule is CN1CN(c2ccnc(Oc3ccc4c5ccccc5n(-c5nc6ccccc6s5)c4c3)c2)c2ccccc21. The van der Waals surface area contributed by atoms with Crippen LogP contribution in [0.3, 0.4) is 0 Å². The normalized spacial score (nSPS) is 13.1. The van der Waals surface area contributed by atoms with Crippen LogP contribution < -0.4 is 14.5 Å². The molecule has 1 aliphatic heterocycles. The van der Waals surface area contributed by atoms with Gasteiger partial charge in [-0.05, 0) is 48.5 Å². The number of fused-ring (bicyclic) bond motifs is 5. The van der Waals surface area contributed by atoms with Gasteiger partial charge in [-0.1, -0.05) is 53.8 Å². The van der Waals surface area contributed by atoms with Crippen LogP contribution in [0.2, 0.25) is 0 Å². The summed E-state index contributed by atoms with van der Waals surface area (Å²) in [7, 11) is 2.11. The van der Waals surface area contributed by atoms with Crippen LogP contribution in [-0.2, 0) is 0 Å². The number of benzene rings is 4. The van der Waals surface area contributed by atoms with E-state index in [4.69, 9.17) is 9.72 Å². The Hall–Kier alpha value is -4.88. The highest BCUT2D eigenvalue weighted by Crippen LogP contribution is 2.41. The molecular weight excluding hydrogens is 502 g/mol. The van der Waals surface area contributed by atoms with E-state index in [1.54, 1.807) is 11.3 Å². The van der Waals surface area contributed by atoms with Crippen LogP contribution in [0.25, 0.3) is 37.2 Å². The van der Waals surface area contributed by atoms with Gasteiger partial charge in [0.2, 0.25) is 5.88 Å². The van der Waals surface area contributed by atoms with Crippen LogP contribution >= 0.6 is 11.3 Å². The van der Waals surface area contributed by atoms with Gasteiger partial charge in [-0.25, -0.2) is 9.97 Å². The van der Waals surface area contributed by atoms with Gasteiger partial charge in [0.25, 0.3) is 0 Å². The highest BCUT2D eigenvalue weighted by atomic mass is 32.1. The molecular formula is C32H23N5OS. The number of nitrogens with zero attached hydrogens (tertiary/aromatic N) is 5. The quantitative estimate of drug-likeness (QED) is 0.232. The minimum atomic E-state index is 0.557. The van der Waals surface area contributed by atoms with Gasteiger partial charge in [0.05, 0.1) is 39.3 Å². The maximum Gasteiger partial charge on any atom is 0.221 e. The standard InChI is InChI=1S/C32H23N5OS/c1-35-20-36(28-12-6-5-11-27(28)35)21-16-17-33-31(18-21)38-22-14-15-24-23-8-2-4-10-26(23)37(29(24)19-22)32-34-25-9-3-7-13-30(25)39-32/h2-19H,20H2,1H3. The van der Waals surface area contributed by atoms with E-state index in [9.17, 15) is 0 Å². The molecule has 0 bridgehead atoms. The molecule has 8 rings (SSSR count). The zero-order valence-corrected chi connectivity index (χ0v) is 22.0. The Balaban J connectivity index is 1.21. The van der Waals surface area contributed by atoms with Crippen molar-refractivity contribution >= 4 is 60.4 Å². The van der Waals surface area contributed by atoms with Crippen LogP contribution in [0, 0.1) is 0 Å². The molecule has 6 nitrogen and oxygen atoms in total. The molecule has 3 aromatic heterocycles. The summed E-state index contributed by atoms with van der Waals surface area (Å²) in [5.74, 6) is 1.29. The number of hydrogen-bond acceptors (Lipinski definition) is 6. The predicted molar refractivity (Wildman–Crippen MR) is 160 cm³/mol. The number of anilines is 3. The van der Waals surface area contributed by atoms with Gasteiger partial charge in [0, 0.05) is 41.8 Å². The Morgan fingerprint density at radius 1 is 0.769 bits per heavy atom. The van der Waals surface area contributed by atoms with E-state index in [0.717, 1.165) is 45.2 Å². The van der Waals surface area contributed by atoms with E-state index < -0.39 is 0 Å². The first-order valence-corrected chi connectivity index (χ1v) is 13.7. The largest absolute Gasteiger partial charge is 0.439 e. The van der Waals surface area contributed by atoms with Gasteiger partial charge in [0.15, 0.2) is 5.13 Å². The van der Waals surface area contributed by atoms with Crippen molar-refractivity contribution in [3.05, 3.63) is 109 Å². The third-order valence-electron chi connectivity index (χ3n) is 7.31. The lowest BCUT2D eigenvalue weighted by atomic mass is 10.1. The van der Waals surface area contributed by atoms with Gasteiger partial charge >= 0.3 is 0 Å². The maximum absolute atomic E-state index is 6.37. The summed E-state index contributed by atoms with van der Waals surface area (Å²) in [4.78, 5) is 14.0. The van der Waals surface area contributed by atoms with E-state index >= 15 is 0 Å². The van der Waals surface area contributed by atoms with Gasteiger partial charge < -0.3 is 14.5 Å². The monoisotopic (exact) mass is 525 g/mol. The number of ether oxygens (including phenoxy) is 1. The third kappa shape index (κ3) is 3.55. The molecule has 4 heterocycles. The van der Waals surface area contributed by atoms with Crippen molar-refractivity contribution < 1.29 is 4.74 Å². The van der Waals surface area contributed by atoms with Gasteiger partial charge in [-0.15, -0.1) is 0 Å². The van der Waals surface area contributed by atoms with Gasteiger partial charge in [-0.2, -0.15) is 0 Å². The minimum absolute atomic E-state index is 0.557. The average Bonchev–Trinajstić information content (AvgIpc) is 3.64. The second kappa shape index (κ2) is 8.58.